The van der Waals surface area contributed by atoms with Crippen LogP contribution >= 0.6 is 0 Å². The van der Waals surface area contributed by atoms with Crippen molar-refractivity contribution in [2.45, 2.75) is 51.0 Å². The van der Waals surface area contributed by atoms with Crippen LogP contribution in [0.15, 0.2) is 0 Å². The summed E-state index contributed by atoms with van der Waals surface area (Å²) in [5.41, 5.74) is 5.70. The van der Waals surface area contributed by atoms with E-state index in [1.54, 1.807) is 4.31 Å². The van der Waals surface area contributed by atoms with Crippen LogP contribution in [-0.4, -0.2) is 38.4 Å². The normalized spacial score (nSPS) is 31.4. The molecule has 18 heavy (non-hydrogen) atoms. The quantitative estimate of drug-likeness (QED) is 0.798. The lowest BCUT2D eigenvalue weighted by molar-refractivity contribution is 0.390. The molecule has 0 spiro atoms. The highest BCUT2D eigenvalue weighted by Crippen LogP contribution is 2.25. The fourth-order valence-corrected chi connectivity index (χ4v) is 4.60. The fourth-order valence-electron chi connectivity index (χ4n) is 3.02. The fraction of sp³-hybridized carbons (Fsp3) is 1.00. The molecular formula is C12H25N3O2S. The maximum Gasteiger partial charge on any atom is 0.279 e. The number of hydrogen-bond acceptors (Lipinski definition) is 3. The van der Waals surface area contributed by atoms with E-state index in [-0.39, 0.29) is 6.04 Å². The van der Waals surface area contributed by atoms with E-state index < -0.39 is 10.2 Å². The van der Waals surface area contributed by atoms with Gasteiger partial charge in [-0.05, 0) is 38.1 Å². The zero-order valence-corrected chi connectivity index (χ0v) is 11.8. The van der Waals surface area contributed by atoms with Crippen LogP contribution in [0.3, 0.4) is 0 Å². The van der Waals surface area contributed by atoms with Crippen molar-refractivity contribution in [3.05, 3.63) is 0 Å². The highest BCUT2D eigenvalue weighted by Gasteiger charge is 2.32. The van der Waals surface area contributed by atoms with Gasteiger partial charge < -0.3 is 5.73 Å². The molecular weight excluding hydrogens is 250 g/mol. The van der Waals surface area contributed by atoms with Crippen LogP contribution in [0.25, 0.3) is 0 Å². The molecule has 1 saturated heterocycles. The second kappa shape index (κ2) is 6.32. The van der Waals surface area contributed by atoms with E-state index in [9.17, 15) is 8.42 Å². The molecule has 3 N–H and O–H groups in total. The molecule has 0 bridgehead atoms. The van der Waals surface area contributed by atoms with Gasteiger partial charge in [-0.3, -0.25) is 0 Å². The molecule has 0 aromatic carbocycles. The van der Waals surface area contributed by atoms with Crippen molar-refractivity contribution >= 4 is 10.2 Å². The number of nitrogens with one attached hydrogen (secondary N) is 1. The third-order valence-electron chi connectivity index (χ3n) is 4.17. The van der Waals surface area contributed by atoms with Gasteiger partial charge in [0.15, 0.2) is 0 Å². The summed E-state index contributed by atoms with van der Waals surface area (Å²) in [5, 5.41) is 0. The van der Waals surface area contributed by atoms with E-state index in [2.05, 4.69) is 4.72 Å². The van der Waals surface area contributed by atoms with Gasteiger partial charge in [-0.1, -0.05) is 19.3 Å². The smallest absolute Gasteiger partial charge is 0.279 e. The third kappa shape index (κ3) is 3.44. The standard InChI is InChI=1S/C12H25N3O2S/c13-10-11-6-5-7-12(11)14-18(16,17)15-8-3-1-2-4-9-15/h11-12,14H,1-10,13H2. The van der Waals surface area contributed by atoms with Crippen molar-refractivity contribution in [2.24, 2.45) is 11.7 Å². The Hall–Kier alpha value is -0.170. The second-order valence-electron chi connectivity index (χ2n) is 5.47. The van der Waals surface area contributed by atoms with E-state index in [0.29, 0.717) is 25.6 Å². The number of nitrogens with zero attached hydrogens (tertiary/aromatic N) is 1. The predicted octanol–water partition coefficient (Wildman–Crippen LogP) is 0.824. The summed E-state index contributed by atoms with van der Waals surface area (Å²) >= 11 is 0. The zero-order chi connectivity index (χ0) is 13.0. The summed E-state index contributed by atoms with van der Waals surface area (Å²) in [7, 11) is -3.31. The van der Waals surface area contributed by atoms with Crippen molar-refractivity contribution in [1.82, 2.24) is 9.03 Å². The monoisotopic (exact) mass is 275 g/mol. The molecule has 6 heteroatoms. The summed E-state index contributed by atoms with van der Waals surface area (Å²) in [6.07, 6.45) is 7.28. The van der Waals surface area contributed by atoms with Crippen LogP contribution in [0.1, 0.15) is 44.9 Å². The van der Waals surface area contributed by atoms with Gasteiger partial charge in [-0.25, -0.2) is 0 Å². The molecule has 1 aliphatic carbocycles. The molecule has 0 aromatic heterocycles. The Morgan fingerprint density at radius 3 is 2.33 bits per heavy atom. The second-order valence-corrected chi connectivity index (χ2v) is 7.17. The maximum absolute atomic E-state index is 12.3. The Kier molecular flexibility index (Phi) is 5.00. The Balaban J connectivity index is 1.97. The summed E-state index contributed by atoms with van der Waals surface area (Å²) in [6.45, 7) is 1.90. The molecule has 0 aromatic rings. The lowest BCUT2D eigenvalue weighted by Gasteiger charge is -2.25. The molecule has 0 radical (unpaired) electrons. The topological polar surface area (TPSA) is 75.4 Å². The van der Waals surface area contributed by atoms with Crippen molar-refractivity contribution in [2.75, 3.05) is 19.6 Å². The van der Waals surface area contributed by atoms with Crippen LogP contribution < -0.4 is 10.5 Å². The average Bonchev–Trinajstić information content (AvgIpc) is 2.62. The number of hydrogen-bond donors (Lipinski definition) is 2. The Morgan fingerprint density at radius 1 is 1.06 bits per heavy atom. The van der Waals surface area contributed by atoms with E-state index in [1.807, 2.05) is 0 Å². The molecule has 2 aliphatic rings. The van der Waals surface area contributed by atoms with E-state index in [0.717, 1.165) is 44.9 Å². The lowest BCUT2D eigenvalue weighted by Crippen LogP contribution is -2.47. The van der Waals surface area contributed by atoms with E-state index in [1.165, 1.54) is 0 Å². The predicted molar refractivity (Wildman–Crippen MR) is 72.3 cm³/mol. The highest BCUT2D eigenvalue weighted by molar-refractivity contribution is 7.87. The summed E-state index contributed by atoms with van der Waals surface area (Å²) in [4.78, 5) is 0. The first kappa shape index (κ1) is 14.2. The van der Waals surface area contributed by atoms with Gasteiger partial charge in [-0.15, -0.1) is 0 Å². The van der Waals surface area contributed by atoms with Gasteiger partial charge in [0, 0.05) is 19.1 Å². The molecule has 1 saturated carbocycles. The molecule has 2 fully saturated rings. The van der Waals surface area contributed by atoms with Crippen LogP contribution in [0.4, 0.5) is 0 Å². The molecule has 0 amide bonds. The molecule has 2 atom stereocenters. The first-order valence-electron chi connectivity index (χ1n) is 7.11. The zero-order valence-electron chi connectivity index (χ0n) is 11.0. The van der Waals surface area contributed by atoms with Gasteiger partial charge in [0.1, 0.15) is 0 Å². The summed E-state index contributed by atoms with van der Waals surface area (Å²) in [6, 6.07) is 0.0447. The van der Waals surface area contributed by atoms with Gasteiger partial charge in [-0.2, -0.15) is 17.4 Å². The third-order valence-corrected chi connectivity index (χ3v) is 5.81. The Labute approximate surface area is 110 Å². The van der Waals surface area contributed by atoms with E-state index in [4.69, 9.17) is 5.73 Å². The average molecular weight is 275 g/mol. The molecule has 2 unspecified atom stereocenters. The maximum atomic E-state index is 12.3. The SMILES string of the molecule is NCC1CCCC1NS(=O)(=O)N1CCCCCC1. The molecule has 5 nitrogen and oxygen atoms in total. The minimum atomic E-state index is -3.31. The number of rotatable bonds is 4. The van der Waals surface area contributed by atoms with Crippen LogP contribution in [-0.2, 0) is 10.2 Å². The van der Waals surface area contributed by atoms with Crippen molar-refractivity contribution in [3.8, 4) is 0 Å². The minimum absolute atomic E-state index is 0.0447. The summed E-state index contributed by atoms with van der Waals surface area (Å²) < 4.78 is 29.1. The lowest BCUT2D eigenvalue weighted by atomic mass is 10.1. The molecule has 2 rings (SSSR count). The van der Waals surface area contributed by atoms with Crippen LogP contribution in [0.2, 0.25) is 0 Å². The molecule has 1 heterocycles. The van der Waals surface area contributed by atoms with Gasteiger partial charge in [0.2, 0.25) is 0 Å². The van der Waals surface area contributed by atoms with Crippen molar-refractivity contribution < 1.29 is 8.42 Å². The van der Waals surface area contributed by atoms with Crippen molar-refractivity contribution in [3.63, 3.8) is 0 Å². The molecule has 1 aliphatic heterocycles. The van der Waals surface area contributed by atoms with Gasteiger partial charge >= 0.3 is 0 Å². The first-order valence-corrected chi connectivity index (χ1v) is 8.55. The Bertz CT molecular complexity index is 350. The largest absolute Gasteiger partial charge is 0.330 e. The van der Waals surface area contributed by atoms with Crippen LogP contribution in [0, 0.1) is 5.92 Å². The highest BCUT2D eigenvalue weighted by atomic mass is 32.2. The molecule has 106 valence electrons. The van der Waals surface area contributed by atoms with Gasteiger partial charge in [0.05, 0.1) is 0 Å². The van der Waals surface area contributed by atoms with Crippen molar-refractivity contribution in [1.29, 1.82) is 0 Å². The number of nitrogens with two attached hydrogens (primary N) is 1. The van der Waals surface area contributed by atoms with Gasteiger partial charge in [0.25, 0.3) is 10.2 Å². The van der Waals surface area contributed by atoms with E-state index >= 15 is 0 Å². The summed E-state index contributed by atoms with van der Waals surface area (Å²) in [5.74, 6) is 0.312. The van der Waals surface area contributed by atoms with Crippen LogP contribution in [0.5, 0.6) is 0 Å². The minimum Gasteiger partial charge on any atom is -0.330 e. The Morgan fingerprint density at radius 2 is 1.72 bits per heavy atom. The first-order chi connectivity index (χ1) is 8.63.